The first kappa shape index (κ1) is 13.6. The van der Waals surface area contributed by atoms with Gasteiger partial charge in [0.05, 0.1) is 12.2 Å². The van der Waals surface area contributed by atoms with Crippen molar-refractivity contribution in [3.8, 4) is 5.75 Å². The molecule has 0 saturated heterocycles. The zero-order chi connectivity index (χ0) is 13.9. The summed E-state index contributed by atoms with van der Waals surface area (Å²) in [4.78, 5) is 22.7. The summed E-state index contributed by atoms with van der Waals surface area (Å²) < 4.78 is 10.7. The average Bonchev–Trinajstić information content (AvgIpc) is 3.18. The third-order valence-corrected chi connectivity index (χ3v) is 3.36. The highest BCUT2D eigenvalue weighted by Crippen LogP contribution is 2.47. The maximum absolute atomic E-state index is 11.8. The molecule has 0 heterocycles. The van der Waals surface area contributed by atoms with Gasteiger partial charge in [-0.3, -0.25) is 9.59 Å². The SMILES string of the molecule is CCOC(=O)C1(COc2cc(C)ccc2C=O)CC1. The summed E-state index contributed by atoms with van der Waals surface area (Å²) in [5.74, 6) is 0.334. The Kier molecular flexibility index (Phi) is 3.88. The van der Waals surface area contributed by atoms with E-state index >= 15 is 0 Å². The van der Waals surface area contributed by atoms with Gasteiger partial charge in [0.15, 0.2) is 6.29 Å². The summed E-state index contributed by atoms with van der Waals surface area (Å²) in [6, 6.07) is 5.39. The number of carbonyl (C=O) groups excluding carboxylic acids is 2. The fraction of sp³-hybridized carbons (Fsp3) is 0.467. The van der Waals surface area contributed by atoms with Gasteiger partial charge in [-0.15, -0.1) is 0 Å². The Bertz CT molecular complexity index is 489. The van der Waals surface area contributed by atoms with Crippen molar-refractivity contribution in [2.75, 3.05) is 13.2 Å². The normalized spacial score (nSPS) is 15.7. The molecule has 1 fully saturated rings. The zero-order valence-electron chi connectivity index (χ0n) is 11.3. The van der Waals surface area contributed by atoms with Crippen molar-refractivity contribution in [1.29, 1.82) is 0 Å². The molecule has 0 amide bonds. The number of hydrogen-bond donors (Lipinski definition) is 0. The predicted octanol–water partition coefficient (Wildman–Crippen LogP) is 2.53. The van der Waals surface area contributed by atoms with Crippen LogP contribution in [0.25, 0.3) is 0 Å². The van der Waals surface area contributed by atoms with Crippen molar-refractivity contribution < 1.29 is 19.1 Å². The lowest BCUT2D eigenvalue weighted by atomic mass is 10.1. The fourth-order valence-corrected chi connectivity index (χ4v) is 1.92. The Morgan fingerprint density at radius 3 is 2.74 bits per heavy atom. The van der Waals surface area contributed by atoms with Crippen LogP contribution in [0.3, 0.4) is 0 Å². The summed E-state index contributed by atoms with van der Waals surface area (Å²) in [6.45, 7) is 4.38. The highest BCUT2D eigenvalue weighted by molar-refractivity contribution is 5.81. The van der Waals surface area contributed by atoms with Crippen LogP contribution in [0.4, 0.5) is 0 Å². The minimum absolute atomic E-state index is 0.199. The number of aryl methyl sites for hydroxylation is 1. The van der Waals surface area contributed by atoms with E-state index in [1.807, 2.05) is 19.1 Å². The van der Waals surface area contributed by atoms with Gasteiger partial charge >= 0.3 is 5.97 Å². The largest absolute Gasteiger partial charge is 0.492 e. The summed E-state index contributed by atoms with van der Waals surface area (Å²) in [5, 5.41) is 0. The standard InChI is InChI=1S/C15H18O4/c1-3-18-14(17)15(6-7-15)10-19-13-8-11(2)4-5-12(13)9-16/h4-5,8-9H,3,6-7,10H2,1-2H3. The van der Waals surface area contributed by atoms with Gasteiger partial charge in [-0.25, -0.2) is 0 Å². The lowest BCUT2D eigenvalue weighted by Gasteiger charge is -2.16. The lowest BCUT2D eigenvalue weighted by Crippen LogP contribution is -2.26. The van der Waals surface area contributed by atoms with Gasteiger partial charge in [-0.2, -0.15) is 0 Å². The van der Waals surface area contributed by atoms with Crippen LogP contribution < -0.4 is 4.74 Å². The van der Waals surface area contributed by atoms with E-state index in [1.54, 1.807) is 13.0 Å². The Labute approximate surface area is 112 Å². The molecule has 19 heavy (non-hydrogen) atoms. The van der Waals surface area contributed by atoms with Crippen molar-refractivity contribution >= 4 is 12.3 Å². The molecule has 0 bridgehead atoms. The molecule has 4 nitrogen and oxygen atoms in total. The molecule has 1 aromatic carbocycles. The maximum Gasteiger partial charge on any atom is 0.315 e. The molecular weight excluding hydrogens is 244 g/mol. The summed E-state index contributed by atoms with van der Waals surface area (Å²) in [6.07, 6.45) is 2.33. The van der Waals surface area contributed by atoms with E-state index in [4.69, 9.17) is 9.47 Å². The molecule has 1 saturated carbocycles. The molecule has 4 heteroatoms. The van der Waals surface area contributed by atoms with Gasteiger partial charge in [0.1, 0.15) is 17.8 Å². The van der Waals surface area contributed by atoms with Crippen LogP contribution in [-0.2, 0) is 9.53 Å². The molecule has 2 rings (SSSR count). The molecule has 0 aliphatic heterocycles. The number of ether oxygens (including phenoxy) is 2. The first-order valence-electron chi connectivity index (χ1n) is 6.47. The second kappa shape index (κ2) is 5.43. The molecule has 0 atom stereocenters. The van der Waals surface area contributed by atoms with Crippen molar-refractivity contribution in [3.63, 3.8) is 0 Å². The van der Waals surface area contributed by atoms with Gasteiger partial charge in [-0.1, -0.05) is 6.07 Å². The average molecular weight is 262 g/mol. The lowest BCUT2D eigenvalue weighted by molar-refractivity contribution is -0.150. The molecule has 1 aliphatic rings. The number of benzene rings is 1. The van der Waals surface area contributed by atoms with Crippen LogP contribution in [0.1, 0.15) is 35.7 Å². The Morgan fingerprint density at radius 2 is 2.16 bits per heavy atom. The van der Waals surface area contributed by atoms with Crippen molar-refractivity contribution in [2.24, 2.45) is 5.41 Å². The molecule has 1 aliphatic carbocycles. The Balaban J connectivity index is 2.05. The quantitative estimate of drug-likeness (QED) is 0.584. The van der Waals surface area contributed by atoms with Crippen LogP contribution in [0.2, 0.25) is 0 Å². The van der Waals surface area contributed by atoms with Gasteiger partial charge in [0.2, 0.25) is 0 Å². The van der Waals surface area contributed by atoms with E-state index in [2.05, 4.69) is 0 Å². The fourth-order valence-electron chi connectivity index (χ4n) is 1.92. The van der Waals surface area contributed by atoms with E-state index in [0.717, 1.165) is 24.7 Å². The molecule has 0 spiro atoms. The molecule has 102 valence electrons. The zero-order valence-corrected chi connectivity index (χ0v) is 11.3. The van der Waals surface area contributed by atoms with Crippen molar-refractivity contribution in [2.45, 2.75) is 26.7 Å². The van der Waals surface area contributed by atoms with Crippen LogP contribution in [-0.4, -0.2) is 25.5 Å². The van der Waals surface area contributed by atoms with Crippen LogP contribution in [0.15, 0.2) is 18.2 Å². The first-order chi connectivity index (χ1) is 9.11. The van der Waals surface area contributed by atoms with Crippen molar-refractivity contribution in [1.82, 2.24) is 0 Å². The number of aldehydes is 1. The number of rotatable bonds is 6. The third kappa shape index (κ3) is 2.95. The van der Waals surface area contributed by atoms with Crippen LogP contribution in [0, 0.1) is 12.3 Å². The first-order valence-corrected chi connectivity index (χ1v) is 6.47. The molecule has 0 unspecified atom stereocenters. The molecular formula is C15H18O4. The molecule has 0 aromatic heterocycles. The highest BCUT2D eigenvalue weighted by atomic mass is 16.5. The summed E-state index contributed by atoms with van der Waals surface area (Å²) in [7, 11) is 0. The van der Waals surface area contributed by atoms with Gasteiger partial charge in [0, 0.05) is 0 Å². The maximum atomic E-state index is 11.8. The highest BCUT2D eigenvalue weighted by Gasteiger charge is 2.52. The Morgan fingerprint density at radius 1 is 1.42 bits per heavy atom. The second-order valence-electron chi connectivity index (χ2n) is 4.95. The topological polar surface area (TPSA) is 52.6 Å². The van der Waals surface area contributed by atoms with E-state index in [0.29, 0.717) is 17.9 Å². The van der Waals surface area contributed by atoms with Crippen molar-refractivity contribution in [3.05, 3.63) is 29.3 Å². The molecule has 1 aromatic rings. The minimum atomic E-state index is -0.500. The smallest absolute Gasteiger partial charge is 0.315 e. The van der Waals surface area contributed by atoms with Gasteiger partial charge in [0.25, 0.3) is 0 Å². The van der Waals surface area contributed by atoms with E-state index in [9.17, 15) is 9.59 Å². The van der Waals surface area contributed by atoms with E-state index < -0.39 is 5.41 Å². The Hall–Kier alpha value is -1.84. The van der Waals surface area contributed by atoms with Gasteiger partial charge < -0.3 is 9.47 Å². The third-order valence-electron chi connectivity index (χ3n) is 3.36. The second-order valence-corrected chi connectivity index (χ2v) is 4.95. The van der Waals surface area contributed by atoms with Gasteiger partial charge in [-0.05, 0) is 44.4 Å². The minimum Gasteiger partial charge on any atom is -0.492 e. The van der Waals surface area contributed by atoms with E-state index in [1.165, 1.54) is 0 Å². The number of esters is 1. The van der Waals surface area contributed by atoms with E-state index in [-0.39, 0.29) is 12.6 Å². The predicted molar refractivity (Wildman–Crippen MR) is 70.4 cm³/mol. The van der Waals surface area contributed by atoms with Crippen LogP contribution in [0.5, 0.6) is 5.75 Å². The van der Waals surface area contributed by atoms with Crippen LogP contribution >= 0.6 is 0 Å². The summed E-state index contributed by atoms with van der Waals surface area (Å²) >= 11 is 0. The number of hydrogen-bond acceptors (Lipinski definition) is 4. The monoisotopic (exact) mass is 262 g/mol. The molecule has 0 N–H and O–H groups in total. The number of carbonyl (C=O) groups is 2. The molecule has 0 radical (unpaired) electrons. The summed E-state index contributed by atoms with van der Waals surface area (Å²) in [5.41, 5.74) is 1.02.